The number of fused-ring (bicyclic) bond motifs is 3. The number of aliphatic carboxylic acids is 1. The zero-order valence-electron chi connectivity index (χ0n) is 21.1. The van der Waals surface area contributed by atoms with Gasteiger partial charge in [0.2, 0.25) is 5.91 Å². The van der Waals surface area contributed by atoms with Crippen molar-refractivity contribution in [2.45, 2.75) is 24.9 Å². The largest absolute Gasteiger partial charge is 0.481 e. The zero-order valence-corrected chi connectivity index (χ0v) is 21.1. The van der Waals surface area contributed by atoms with E-state index in [1.54, 1.807) is 4.90 Å². The summed E-state index contributed by atoms with van der Waals surface area (Å²) in [6, 6.07) is 25.0. The van der Waals surface area contributed by atoms with E-state index in [1.807, 2.05) is 54.6 Å². The Morgan fingerprint density at radius 3 is 2.03 bits per heavy atom. The van der Waals surface area contributed by atoms with Gasteiger partial charge in [-0.15, -0.1) is 0 Å². The molecule has 0 bridgehead atoms. The van der Waals surface area contributed by atoms with Gasteiger partial charge in [0.1, 0.15) is 12.6 Å². The van der Waals surface area contributed by atoms with E-state index in [1.165, 1.54) is 5.56 Å². The van der Waals surface area contributed by atoms with E-state index in [2.05, 4.69) is 34.5 Å². The van der Waals surface area contributed by atoms with Gasteiger partial charge in [-0.05, 0) is 27.8 Å². The Morgan fingerprint density at radius 2 is 1.42 bits per heavy atom. The third-order valence-corrected chi connectivity index (χ3v) is 7.25. The molecule has 8 heteroatoms. The van der Waals surface area contributed by atoms with E-state index in [0.717, 1.165) is 28.8 Å². The highest BCUT2D eigenvalue weighted by molar-refractivity contribution is 5.89. The average Bonchev–Trinajstić information content (AvgIpc) is 3.25. The van der Waals surface area contributed by atoms with Crippen LogP contribution in [0.1, 0.15) is 29.0 Å². The minimum absolute atomic E-state index is 0.0893. The molecule has 3 aromatic carbocycles. The van der Waals surface area contributed by atoms with Gasteiger partial charge >= 0.3 is 12.1 Å². The number of hydrogen-bond donors (Lipinski definition) is 2. The van der Waals surface area contributed by atoms with Crippen LogP contribution in [0.3, 0.4) is 0 Å². The molecule has 5 rings (SSSR count). The second kappa shape index (κ2) is 11.5. The van der Waals surface area contributed by atoms with Crippen molar-refractivity contribution in [3.63, 3.8) is 0 Å². The fraction of sp³-hybridized carbons (Fsp3) is 0.300. The van der Waals surface area contributed by atoms with Crippen LogP contribution in [-0.4, -0.2) is 71.7 Å². The van der Waals surface area contributed by atoms with Crippen LogP contribution in [0.2, 0.25) is 0 Å². The van der Waals surface area contributed by atoms with Gasteiger partial charge in [-0.1, -0.05) is 78.9 Å². The summed E-state index contributed by atoms with van der Waals surface area (Å²) in [5.41, 5.74) is 5.58. The van der Waals surface area contributed by atoms with E-state index in [-0.39, 0.29) is 12.5 Å². The number of benzene rings is 3. The van der Waals surface area contributed by atoms with Crippen LogP contribution in [0.4, 0.5) is 4.79 Å². The van der Waals surface area contributed by atoms with Gasteiger partial charge in [-0.3, -0.25) is 14.5 Å². The number of carboxylic acid groups (broad SMARTS) is 1. The molecule has 0 saturated carbocycles. The van der Waals surface area contributed by atoms with Gasteiger partial charge < -0.3 is 20.1 Å². The zero-order chi connectivity index (χ0) is 26.5. The van der Waals surface area contributed by atoms with Gasteiger partial charge in [-0.2, -0.15) is 0 Å². The first kappa shape index (κ1) is 25.5. The van der Waals surface area contributed by atoms with Gasteiger partial charge in [0.25, 0.3) is 0 Å². The Labute approximate surface area is 221 Å². The number of alkyl carbamates (subject to hydrolysis) is 1. The average molecular weight is 514 g/mol. The SMILES string of the molecule is O=C(O)C[C@@H](NC(=O)OCC1c2ccccc2-c2ccccc21)C(=O)N1CCN(Cc2ccccc2)CC1. The smallest absolute Gasteiger partial charge is 0.407 e. The van der Waals surface area contributed by atoms with Crippen molar-refractivity contribution in [3.8, 4) is 11.1 Å². The summed E-state index contributed by atoms with van der Waals surface area (Å²) in [5.74, 6) is -1.69. The van der Waals surface area contributed by atoms with Crippen LogP contribution >= 0.6 is 0 Å². The monoisotopic (exact) mass is 513 g/mol. The van der Waals surface area contributed by atoms with Crippen molar-refractivity contribution in [2.75, 3.05) is 32.8 Å². The molecule has 1 fully saturated rings. The number of nitrogens with one attached hydrogen (secondary N) is 1. The minimum Gasteiger partial charge on any atom is -0.481 e. The van der Waals surface area contributed by atoms with Crippen molar-refractivity contribution >= 4 is 18.0 Å². The molecule has 0 spiro atoms. The lowest BCUT2D eigenvalue weighted by molar-refractivity contribution is -0.143. The summed E-state index contributed by atoms with van der Waals surface area (Å²) in [6.45, 7) is 3.16. The maximum atomic E-state index is 13.2. The van der Waals surface area contributed by atoms with Gasteiger partial charge in [-0.25, -0.2) is 4.79 Å². The molecule has 1 saturated heterocycles. The van der Waals surface area contributed by atoms with Crippen LogP contribution in [0.15, 0.2) is 78.9 Å². The Kier molecular flexibility index (Phi) is 7.70. The molecule has 1 atom stereocenters. The summed E-state index contributed by atoms with van der Waals surface area (Å²) < 4.78 is 5.55. The molecule has 1 heterocycles. The topological polar surface area (TPSA) is 99.2 Å². The standard InChI is InChI=1S/C30H31N3O5/c34-28(35)18-27(29(36)33-16-14-32(15-17-33)19-21-8-2-1-3-9-21)31-30(37)38-20-26-24-12-6-4-10-22(24)23-11-5-7-13-25(23)26/h1-13,26-27H,14-20H2,(H,31,37)(H,34,35)/t27-/m1/s1. The summed E-state index contributed by atoms with van der Waals surface area (Å²) in [7, 11) is 0. The third-order valence-electron chi connectivity index (χ3n) is 7.25. The first-order valence-electron chi connectivity index (χ1n) is 12.9. The molecule has 2 amide bonds. The maximum Gasteiger partial charge on any atom is 0.407 e. The second-order valence-electron chi connectivity index (χ2n) is 9.71. The molecular formula is C30H31N3O5. The van der Waals surface area contributed by atoms with E-state index >= 15 is 0 Å². The lowest BCUT2D eigenvalue weighted by Gasteiger charge is -2.36. The predicted molar refractivity (Wildman–Crippen MR) is 143 cm³/mol. The summed E-state index contributed by atoms with van der Waals surface area (Å²) in [4.78, 5) is 41.3. The maximum absolute atomic E-state index is 13.2. The van der Waals surface area contributed by atoms with E-state index in [4.69, 9.17) is 4.74 Å². The molecule has 1 aliphatic heterocycles. The highest BCUT2D eigenvalue weighted by Crippen LogP contribution is 2.44. The number of hydrogen-bond acceptors (Lipinski definition) is 5. The lowest BCUT2D eigenvalue weighted by Crippen LogP contribution is -2.55. The Hall–Kier alpha value is -4.17. The number of nitrogens with zero attached hydrogens (tertiary/aromatic N) is 2. The molecule has 1 aliphatic carbocycles. The van der Waals surface area contributed by atoms with Gasteiger partial charge in [0.05, 0.1) is 6.42 Å². The van der Waals surface area contributed by atoms with Crippen LogP contribution < -0.4 is 5.32 Å². The quantitative estimate of drug-likeness (QED) is 0.477. The number of carboxylic acids is 1. The molecule has 2 aliphatic rings. The lowest BCUT2D eigenvalue weighted by atomic mass is 9.98. The predicted octanol–water partition coefficient (Wildman–Crippen LogP) is 3.71. The number of amides is 2. The highest BCUT2D eigenvalue weighted by Gasteiger charge is 2.32. The third kappa shape index (κ3) is 5.70. The molecule has 2 N–H and O–H groups in total. The van der Waals surface area contributed by atoms with Gasteiger partial charge in [0, 0.05) is 38.6 Å². The van der Waals surface area contributed by atoms with E-state index < -0.39 is 30.4 Å². The molecule has 8 nitrogen and oxygen atoms in total. The van der Waals surface area contributed by atoms with Crippen LogP contribution in [0, 0.1) is 0 Å². The fourth-order valence-electron chi connectivity index (χ4n) is 5.35. The van der Waals surface area contributed by atoms with E-state index in [0.29, 0.717) is 26.2 Å². The Bertz CT molecular complexity index is 1260. The molecule has 0 aromatic heterocycles. The van der Waals surface area contributed by atoms with Crippen LogP contribution in [0.25, 0.3) is 11.1 Å². The fourth-order valence-corrected chi connectivity index (χ4v) is 5.35. The minimum atomic E-state index is -1.19. The Morgan fingerprint density at radius 1 is 0.842 bits per heavy atom. The first-order valence-corrected chi connectivity index (χ1v) is 12.9. The summed E-state index contributed by atoms with van der Waals surface area (Å²) in [5, 5.41) is 11.9. The molecule has 196 valence electrons. The number of carbonyl (C=O) groups is 3. The Balaban J connectivity index is 1.18. The number of piperazine rings is 1. The molecular weight excluding hydrogens is 482 g/mol. The number of carbonyl (C=O) groups excluding carboxylic acids is 2. The number of rotatable bonds is 8. The molecule has 0 radical (unpaired) electrons. The van der Waals surface area contributed by atoms with Crippen molar-refractivity contribution < 1.29 is 24.2 Å². The van der Waals surface area contributed by atoms with Crippen molar-refractivity contribution in [3.05, 3.63) is 95.6 Å². The first-order chi connectivity index (χ1) is 18.5. The summed E-state index contributed by atoms with van der Waals surface area (Å²) in [6.07, 6.45) is -1.30. The van der Waals surface area contributed by atoms with Crippen molar-refractivity contribution in [1.82, 2.24) is 15.1 Å². The highest BCUT2D eigenvalue weighted by atomic mass is 16.5. The molecule has 38 heavy (non-hydrogen) atoms. The van der Waals surface area contributed by atoms with Crippen molar-refractivity contribution in [2.24, 2.45) is 0 Å². The molecule has 3 aromatic rings. The molecule has 0 unspecified atom stereocenters. The second-order valence-corrected chi connectivity index (χ2v) is 9.71. The van der Waals surface area contributed by atoms with Crippen LogP contribution in [0.5, 0.6) is 0 Å². The van der Waals surface area contributed by atoms with Crippen LogP contribution in [-0.2, 0) is 20.9 Å². The summed E-state index contributed by atoms with van der Waals surface area (Å²) >= 11 is 0. The van der Waals surface area contributed by atoms with Gasteiger partial charge in [0.15, 0.2) is 0 Å². The van der Waals surface area contributed by atoms with E-state index in [9.17, 15) is 19.5 Å². The number of ether oxygens (including phenoxy) is 1. The van der Waals surface area contributed by atoms with Crippen molar-refractivity contribution in [1.29, 1.82) is 0 Å². The normalized spacial score (nSPS) is 15.8.